The molecule has 2 aromatic carbocycles. The van der Waals surface area contributed by atoms with Gasteiger partial charge in [0, 0.05) is 22.3 Å². The van der Waals surface area contributed by atoms with E-state index in [-0.39, 0.29) is 5.91 Å². The van der Waals surface area contributed by atoms with Gasteiger partial charge in [-0.25, -0.2) is 9.78 Å². The second kappa shape index (κ2) is 9.05. The fourth-order valence-corrected chi connectivity index (χ4v) is 3.56. The van der Waals surface area contributed by atoms with Gasteiger partial charge in [0.15, 0.2) is 5.13 Å². The minimum atomic E-state index is -0.459. The van der Waals surface area contributed by atoms with Crippen molar-refractivity contribution in [1.82, 2.24) is 10.3 Å². The highest BCUT2D eigenvalue weighted by atomic mass is 35.5. The summed E-state index contributed by atoms with van der Waals surface area (Å²) in [6.45, 7) is 2.01. The maximum atomic E-state index is 12.4. The highest BCUT2D eigenvalue weighted by molar-refractivity contribution is 7.17. The number of amides is 3. The minimum Gasteiger partial charge on any atom is -0.347 e. The summed E-state index contributed by atoms with van der Waals surface area (Å²) < 4.78 is 0. The van der Waals surface area contributed by atoms with Crippen LogP contribution in [0, 0.1) is 6.92 Å². The van der Waals surface area contributed by atoms with Crippen LogP contribution in [0.5, 0.6) is 0 Å². The molecule has 0 aliphatic rings. The van der Waals surface area contributed by atoms with E-state index in [9.17, 15) is 9.59 Å². The molecule has 0 radical (unpaired) electrons. The Morgan fingerprint density at radius 2 is 1.75 bits per heavy atom. The molecule has 0 atom stereocenters. The van der Waals surface area contributed by atoms with Crippen molar-refractivity contribution in [3.05, 3.63) is 74.7 Å². The lowest BCUT2D eigenvalue weighted by Crippen LogP contribution is -2.22. The van der Waals surface area contributed by atoms with E-state index in [1.54, 1.807) is 37.3 Å². The largest absolute Gasteiger partial charge is 0.347 e. The van der Waals surface area contributed by atoms with Crippen LogP contribution in [0.15, 0.2) is 48.5 Å². The molecule has 144 valence electrons. The number of carbonyl (C=O) groups excluding carboxylic acids is 2. The fourth-order valence-electron chi connectivity index (χ4n) is 2.35. The topological polar surface area (TPSA) is 83.1 Å². The summed E-state index contributed by atoms with van der Waals surface area (Å²) in [5.74, 6) is -0.277. The second-order valence-electron chi connectivity index (χ2n) is 5.79. The molecule has 3 aromatic rings. The van der Waals surface area contributed by atoms with Crippen molar-refractivity contribution in [2.24, 2.45) is 0 Å². The maximum absolute atomic E-state index is 12.4. The number of anilines is 2. The second-order valence-corrected chi connectivity index (χ2v) is 7.64. The van der Waals surface area contributed by atoms with Gasteiger partial charge < -0.3 is 10.6 Å². The molecule has 3 amide bonds. The molecule has 0 aliphatic heterocycles. The van der Waals surface area contributed by atoms with Crippen LogP contribution in [0.2, 0.25) is 10.0 Å². The first-order valence-corrected chi connectivity index (χ1v) is 9.82. The number of halogens is 2. The van der Waals surface area contributed by atoms with Crippen LogP contribution in [0.4, 0.5) is 15.6 Å². The average molecular weight is 435 g/mol. The van der Waals surface area contributed by atoms with Crippen molar-refractivity contribution in [2.45, 2.75) is 13.5 Å². The summed E-state index contributed by atoms with van der Waals surface area (Å²) in [5, 5.41) is 9.60. The summed E-state index contributed by atoms with van der Waals surface area (Å²) in [5.41, 5.74) is 1.94. The van der Waals surface area contributed by atoms with Crippen molar-refractivity contribution in [1.29, 1.82) is 0 Å². The molecule has 0 unspecified atom stereocenters. The molecule has 0 saturated carbocycles. The third-order valence-corrected chi connectivity index (χ3v) is 5.41. The van der Waals surface area contributed by atoms with E-state index in [1.165, 1.54) is 0 Å². The summed E-state index contributed by atoms with van der Waals surface area (Å²) in [4.78, 5) is 29.2. The highest BCUT2D eigenvalue weighted by Crippen LogP contribution is 2.23. The third-order valence-electron chi connectivity index (χ3n) is 3.72. The zero-order valence-electron chi connectivity index (χ0n) is 14.8. The normalized spacial score (nSPS) is 10.4. The molecule has 3 rings (SSSR count). The summed E-state index contributed by atoms with van der Waals surface area (Å²) in [6, 6.07) is 13.5. The lowest BCUT2D eigenvalue weighted by Gasteiger charge is -2.06. The van der Waals surface area contributed by atoms with Gasteiger partial charge in [0.2, 0.25) is 0 Å². The van der Waals surface area contributed by atoms with Crippen molar-refractivity contribution < 1.29 is 9.59 Å². The molecule has 9 heteroatoms. The Morgan fingerprint density at radius 1 is 1.04 bits per heavy atom. The van der Waals surface area contributed by atoms with E-state index in [2.05, 4.69) is 20.9 Å². The number of aromatic nitrogens is 1. The van der Waals surface area contributed by atoms with Crippen LogP contribution in [0.3, 0.4) is 0 Å². The molecule has 28 heavy (non-hydrogen) atoms. The molecule has 0 spiro atoms. The molecule has 0 bridgehead atoms. The predicted octanol–water partition coefficient (Wildman–Crippen LogP) is 5.33. The Balaban J connectivity index is 1.60. The third kappa shape index (κ3) is 5.22. The average Bonchev–Trinajstić information content (AvgIpc) is 3.02. The highest BCUT2D eigenvalue weighted by Gasteiger charge is 2.17. The van der Waals surface area contributed by atoms with Gasteiger partial charge in [-0.1, -0.05) is 52.7 Å². The molecular formula is C19H16Cl2N4O2S. The fraction of sp³-hybridized carbons (Fsp3) is 0.105. The number of hydrogen-bond donors (Lipinski definition) is 3. The zero-order valence-corrected chi connectivity index (χ0v) is 17.1. The monoisotopic (exact) mass is 434 g/mol. The van der Waals surface area contributed by atoms with Crippen LogP contribution in [0.25, 0.3) is 0 Å². The van der Waals surface area contributed by atoms with Crippen molar-refractivity contribution in [2.75, 3.05) is 10.6 Å². The van der Waals surface area contributed by atoms with Gasteiger partial charge in [0.05, 0.1) is 5.69 Å². The van der Waals surface area contributed by atoms with Gasteiger partial charge in [0.25, 0.3) is 5.91 Å². The summed E-state index contributed by atoms with van der Waals surface area (Å²) in [7, 11) is 0. The van der Waals surface area contributed by atoms with E-state index < -0.39 is 6.03 Å². The van der Waals surface area contributed by atoms with Gasteiger partial charge in [-0.15, -0.1) is 0 Å². The first-order chi connectivity index (χ1) is 13.4. The summed E-state index contributed by atoms with van der Waals surface area (Å²) >= 11 is 13.0. The van der Waals surface area contributed by atoms with E-state index in [1.807, 2.05) is 18.2 Å². The number of hydrogen-bond acceptors (Lipinski definition) is 4. The Labute approximate surface area is 175 Å². The van der Waals surface area contributed by atoms with E-state index in [0.717, 1.165) is 16.9 Å². The first-order valence-electron chi connectivity index (χ1n) is 8.25. The Kier molecular flexibility index (Phi) is 6.51. The SMILES string of the molecule is Cc1nc(NC(=O)Nc2ccc(Cl)cc2)sc1C(=O)NCc1ccccc1Cl. The van der Waals surface area contributed by atoms with Crippen molar-refractivity contribution in [3.8, 4) is 0 Å². The lowest BCUT2D eigenvalue weighted by atomic mass is 10.2. The quantitative estimate of drug-likeness (QED) is 0.507. The number of carbonyl (C=O) groups is 2. The molecule has 1 heterocycles. The van der Waals surface area contributed by atoms with Gasteiger partial charge in [0.1, 0.15) is 4.88 Å². The van der Waals surface area contributed by atoms with Gasteiger partial charge in [-0.05, 0) is 42.8 Å². The maximum Gasteiger partial charge on any atom is 0.325 e. The van der Waals surface area contributed by atoms with Crippen LogP contribution in [-0.4, -0.2) is 16.9 Å². The standard InChI is InChI=1S/C19H16Cl2N4O2S/c1-11-16(17(26)22-10-12-4-2-3-5-15(12)21)28-19(23-11)25-18(27)24-14-8-6-13(20)7-9-14/h2-9H,10H2,1H3,(H,22,26)(H2,23,24,25,27). The van der Waals surface area contributed by atoms with Crippen molar-refractivity contribution >= 4 is 57.3 Å². The number of nitrogens with zero attached hydrogens (tertiary/aromatic N) is 1. The number of thiazole rings is 1. The van der Waals surface area contributed by atoms with E-state index in [4.69, 9.17) is 23.2 Å². The van der Waals surface area contributed by atoms with Gasteiger partial charge >= 0.3 is 6.03 Å². The number of aryl methyl sites for hydroxylation is 1. The Bertz CT molecular complexity index is 1010. The Morgan fingerprint density at radius 3 is 2.46 bits per heavy atom. The van der Waals surface area contributed by atoms with Crippen molar-refractivity contribution in [3.63, 3.8) is 0 Å². The Hall–Kier alpha value is -2.61. The molecule has 6 nitrogen and oxygen atoms in total. The van der Waals surface area contributed by atoms with Crippen LogP contribution in [0.1, 0.15) is 20.9 Å². The number of rotatable bonds is 5. The summed E-state index contributed by atoms with van der Waals surface area (Å²) in [6.07, 6.45) is 0. The molecule has 3 N–H and O–H groups in total. The number of benzene rings is 2. The van der Waals surface area contributed by atoms with Crippen LogP contribution < -0.4 is 16.0 Å². The van der Waals surface area contributed by atoms with Gasteiger partial charge in [-0.3, -0.25) is 10.1 Å². The molecule has 0 fully saturated rings. The zero-order chi connectivity index (χ0) is 20.1. The first kappa shape index (κ1) is 20.1. The van der Waals surface area contributed by atoms with Crippen LogP contribution in [-0.2, 0) is 6.54 Å². The minimum absolute atomic E-state index is 0.277. The van der Waals surface area contributed by atoms with E-state index >= 15 is 0 Å². The van der Waals surface area contributed by atoms with E-state index in [0.29, 0.717) is 38.0 Å². The van der Waals surface area contributed by atoms with Crippen LogP contribution >= 0.6 is 34.5 Å². The lowest BCUT2D eigenvalue weighted by molar-refractivity contribution is 0.0954. The molecule has 0 aliphatic carbocycles. The molecular weight excluding hydrogens is 419 g/mol. The number of urea groups is 1. The smallest absolute Gasteiger partial charge is 0.325 e. The predicted molar refractivity (Wildman–Crippen MR) is 114 cm³/mol. The molecule has 1 aromatic heterocycles. The number of nitrogens with one attached hydrogen (secondary N) is 3. The molecule has 0 saturated heterocycles. The van der Waals surface area contributed by atoms with Gasteiger partial charge in [-0.2, -0.15) is 0 Å².